The number of ether oxygens (including phenoxy) is 5. The molecular formula is C28H33IN4O8. The molecule has 0 bridgehead atoms. The number of hydrogen-bond donors (Lipinski definition) is 4. The lowest BCUT2D eigenvalue weighted by Gasteiger charge is -2.28. The van der Waals surface area contributed by atoms with Gasteiger partial charge in [-0.2, -0.15) is 5.10 Å². The van der Waals surface area contributed by atoms with E-state index in [-0.39, 0.29) is 18.8 Å². The Morgan fingerprint density at radius 1 is 1.20 bits per heavy atom. The van der Waals surface area contributed by atoms with Gasteiger partial charge in [-0.1, -0.05) is 18.7 Å². The Balaban J connectivity index is 1.73. The monoisotopic (exact) mass is 680 g/mol. The topological polar surface area (TPSA) is 149 Å². The van der Waals surface area contributed by atoms with Crippen molar-refractivity contribution >= 4 is 40.8 Å². The fourth-order valence-electron chi connectivity index (χ4n) is 3.95. The molecule has 0 fully saturated rings. The van der Waals surface area contributed by atoms with Crippen LogP contribution < -0.4 is 35.0 Å². The summed E-state index contributed by atoms with van der Waals surface area (Å²) >= 11 is 2.16. The van der Waals surface area contributed by atoms with Gasteiger partial charge in [0.05, 0.1) is 38.7 Å². The van der Waals surface area contributed by atoms with E-state index in [0.717, 1.165) is 3.57 Å². The van der Waals surface area contributed by atoms with Crippen molar-refractivity contribution in [3.63, 3.8) is 0 Å². The Hall–Kier alpha value is -3.98. The molecule has 41 heavy (non-hydrogen) atoms. The lowest BCUT2D eigenvalue weighted by Crippen LogP contribution is -2.45. The average molecular weight is 680 g/mol. The largest absolute Gasteiger partial charge is 0.493 e. The first-order chi connectivity index (χ1) is 19.7. The van der Waals surface area contributed by atoms with Crippen molar-refractivity contribution in [2.24, 2.45) is 5.10 Å². The summed E-state index contributed by atoms with van der Waals surface area (Å²) in [6.45, 7) is 7.55. The molecule has 13 heteroatoms. The van der Waals surface area contributed by atoms with E-state index in [0.29, 0.717) is 46.4 Å². The number of urea groups is 1. The number of benzene rings is 2. The Bertz CT molecular complexity index is 1330. The van der Waals surface area contributed by atoms with E-state index in [1.165, 1.54) is 13.3 Å². The molecule has 2 atom stereocenters. The van der Waals surface area contributed by atoms with E-state index >= 15 is 0 Å². The molecule has 2 aromatic rings. The number of nitrogens with zero attached hydrogens (tertiary/aromatic N) is 1. The minimum absolute atomic E-state index is 0.164. The summed E-state index contributed by atoms with van der Waals surface area (Å²) < 4.78 is 28.5. The van der Waals surface area contributed by atoms with E-state index in [1.54, 1.807) is 38.3 Å². The zero-order valence-corrected chi connectivity index (χ0v) is 25.3. The minimum Gasteiger partial charge on any atom is -0.493 e. The van der Waals surface area contributed by atoms with Crippen LogP contribution >= 0.6 is 22.6 Å². The SMILES string of the molecule is C=CCOc1c(/C=N/N[C@H](O)COc2ccc([C@H]3NC(=O)NC(C)=C3C(=O)OC)cc2OCC)cc(I)cc1OC. The van der Waals surface area contributed by atoms with Gasteiger partial charge in [0.25, 0.3) is 0 Å². The number of amides is 2. The highest BCUT2D eigenvalue weighted by atomic mass is 127. The third-order valence-corrected chi connectivity index (χ3v) is 6.34. The zero-order chi connectivity index (χ0) is 29.9. The fraction of sp³-hybridized carbons (Fsp3) is 0.321. The van der Waals surface area contributed by atoms with Crippen LogP contribution in [-0.4, -0.2) is 63.6 Å². The van der Waals surface area contributed by atoms with Crippen molar-refractivity contribution < 1.29 is 38.4 Å². The summed E-state index contributed by atoms with van der Waals surface area (Å²) in [7, 11) is 2.82. The summed E-state index contributed by atoms with van der Waals surface area (Å²) in [6, 6.07) is 7.48. The zero-order valence-electron chi connectivity index (χ0n) is 23.2. The van der Waals surface area contributed by atoms with Crippen molar-refractivity contribution in [1.29, 1.82) is 0 Å². The first-order valence-electron chi connectivity index (χ1n) is 12.6. The average Bonchev–Trinajstić information content (AvgIpc) is 2.95. The van der Waals surface area contributed by atoms with E-state index in [1.807, 2.05) is 19.1 Å². The van der Waals surface area contributed by atoms with Gasteiger partial charge in [-0.25, -0.2) is 9.59 Å². The molecule has 12 nitrogen and oxygen atoms in total. The second-order valence-corrected chi connectivity index (χ2v) is 9.79. The van der Waals surface area contributed by atoms with Crippen molar-refractivity contribution in [3.05, 3.63) is 69.0 Å². The van der Waals surface area contributed by atoms with Gasteiger partial charge < -0.3 is 39.4 Å². The maximum atomic E-state index is 12.4. The molecule has 3 rings (SSSR count). The molecular weight excluding hydrogens is 647 g/mol. The molecule has 2 aromatic carbocycles. The number of hydrogen-bond acceptors (Lipinski definition) is 10. The number of carbonyl (C=O) groups excluding carboxylic acids is 2. The highest BCUT2D eigenvalue weighted by Gasteiger charge is 2.32. The van der Waals surface area contributed by atoms with Gasteiger partial charge in [-0.15, -0.1) is 0 Å². The smallest absolute Gasteiger partial charge is 0.337 e. The number of allylic oxidation sites excluding steroid dienone is 1. The van der Waals surface area contributed by atoms with Crippen LogP contribution in [0.4, 0.5) is 4.79 Å². The molecule has 0 radical (unpaired) electrons. The molecule has 2 amide bonds. The number of carbonyl (C=O) groups is 2. The maximum absolute atomic E-state index is 12.4. The summed E-state index contributed by atoms with van der Waals surface area (Å²) in [6.07, 6.45) is 1.97. The highest BCUT2D eigenvalue weighted by Crippen LogP contribution is 2.35. The van der Waals surface area contributed by atoms with E-state index in [2.05, 4.69) is 50.3 Å². The van der Waals surface area contributed by atoms with Crippen molar-refractivity contribution in [3.8, 4) is 23.0 Å². The number of hydrazone groups is 1. The number of methoxy groups -OCH3 is 2. The predicted octanol–water partition coefficient (Wildman–Crippen LogP) is 3.39. The van der Waals surface area contributed by atoms with E-state index < -0.39 is 24.3 Å². The van der Waals surface area contributed by atoms with Crippen molar-refractivity contribution in [2.75, 3.05) is 34.0 Å². The summed E-state index contributed by atoms with van der Waals surface area (Å²) in [5, 5.41) is 19.9. The normalized spacial score (nSPS) is 15.5. The van der Waals surface area contributed by atoms with E-state index in [9.17, 15) is 14.7 Å². The molecule has 1 heterocycles. The van der Waals surface area contributed by atoms with Crippen molar-refractivity contribution in [2.45, 2.75) is 26.1 Å². The highest BCUT2D eigenvalue weighted by molar-refractivity contribution is 14.1. The molecule has 0 aliphatic carbocycles. The first kappa shape index (κ1) is 31.5. The van der Waals surface area contributed by atoms with Gasteiger partial charge in [-0.3, -0.25) is 5.43 Å². The third-order valence-electron chi connectivity index (χ3n) is 5.71. The molecule has 4 N–H and O–H groups in total. The number of aliphatic hydroxyl groups excluding tert-OH is 1. The summed E-state index contributed by atoms with van der Waals surface area (Å²) in [4.78, 5) is 24.6. The van der Waals surface area contributed by atoms with Gasteiger partial charge in [0.15, 0.2) is 29.2 Å². The minimum atomic E-state index is -1.16. The van der Waals surface area contributed by atoms with Crippen LogP contribution in [-0.2, 0) is 9.53 Å². The maximum Gasteiger partial charge on any atom is 0.337 e. The Morgan fingerprint density at radius 3 is 2.66 bits per heavy atom. The first-order valence-corrected chi connectivity index (χ1v) is 13.6. The molecule has 1 aliphatic rings. The lowest BCUT2D eigenvalue weighted by molar-refractivity contribution is -0.136. The lowest BCUT2D eigenvalue weighted by atomic mass is 9.95. The molecule has 1 aliphatic heterocycles. The van der Waals surface area contributed by atoms with Crippen LogP contribution in [0.25, 0.3) is 0 Å². The Kier molecular flexibility index (Phi) is 11.6. The van der Waals surface area contributed by atoms with Gasteiger partial charge in [-0.05, 0) is 66.3 Å². The number of aliphatic hydroxyl groups is 1. The molecule has 220 valence electrons. The quantitative estimate of drug-likeness (QED) is 0.0589. The Labute approximate surface area is 251 Å². The summed E-state index contributed by atoms with van der Waals surface area (Å²) in [5.41, 5.74) is 4.51. The van der Waals surface area contributed by atoms with Crippen LogP contribution in [0.3, 0.4) is 0 Å². The van der Waals surface area contributed by atoms with E-state index in [4.69, 9.17) is 23.7 Å². The van der Waals surface area contributed by atoms with Gasteiger partial charge in [0.1, 0.15) is 13.2 Å². The number of esters is 1. The van der Waals surface area contributed by atoms with Crippen LogP contribution in [0.15, 0.2) is 59.4 Å². The van der Waals surface area contributed by atoms with Crippen molar-refractivity contribution in [1.82, 2.24) is 16.1 Å². The molecule has 0 aromatic heterocycles. The van der Waals surface area contributed by atoms with Crippen LogP contribution in [0.5, 0.6) is 23.0 Å². The number of rotatable bonds is 14. The second-order valence-electron chi connectivity index (χ2n) is 8.54. The fourth-order valence-corrected chi connectivity index (χ4v) is 4.57. The van der Waals surface area contributed by atoms with Crippen LogP contribution in [0.1, 0.15) is 31.0 Å². The third kappa shape index (κ3) is 8.27. The standard InChI is InChI=1S/C28H33IN4O8/c1-6-10-40-26-18(11-19(29)13-22(26)37-4)14-30-33-23(34)15-41-20-9-8-17(12-21(20)39-7-2)25-24(27(35)38-5)16(3)31-28(36)32-25/h6,8-9,11-14,23,25,33-34H,1,7,10,15H2,2-5H3,(H2,31,32,36)/b30-14+/t23-,25-/m1/s1. The molecule has 0 saturated heterocycles. The summed E-state index contributed by atoms with van der Waals surface area (Å²) in [5.74, 6) is 1.19. The molecule has 0 spiro atoms. The van der Waals surface area contributed by atoms with Gasteiger partial charge in [0.2, 0.25) is 0 Å². The molecule has 0 saturated carbocycles. The Morgan fingerprint density at radius 2 is 1.98 bits per heavy atom. The molecule has 0 unspecified atom stereocenters. The van der Waals surface area contributed by atoms with Gasteiger partial charge in [0, 0.05) is 14.8 Å². The number of nitrogens with one attached hydrogen (secondary N) is 3. The second kappa shape index (κ2) is 15.1. The van der Waals surface area contributed by atoms with Crippen LogP contribution in [0, 0.1) is 3.57 Å². The number of halogens is 1. The van der Waals surface area contributed by atoms with Gasteiger partial charge >= 0.3 is 12.0 Å². The predicted molar refractivity (Wildman–Crippen MR) is 160 cm³/mol. The van der Waals surface area contributed by atoms with Crippen LogP contribution in [0.2, 0.25) is 0 Å².